The summed E-state index contributed by atoms with van der Waals surface area (Å²) in [6.45, 7) is 9.27. The van der Waals surface area contributed by atoms with Crippen LogP contribution in [0.3, 0.4) is 0 Å². The minimum atomic E-state index is -0.808. The Hall–Kier alpha value is -1.11. The van der Waals surface area contributed by atoms with Crippen molar-refractivity contribution in [2.24, 2.45) is 5.92 Å². The molecule has 0 N–H and O–H groups in total. The summed E-state index contributed by atoms with van der Waals surface area (Å²) in [4.78, 5) is 39.2. The highest BCUT2D eigenvalue weighted by molar-refractivity contribution is 9.09. The number of carbonyl (C=O) groups excluding carboxylic acids is 3. The second kappa shape index (κ2) is 7.20. The van der Waals surface area contributed by atoms with E-state index in [-0.39, 0.29) is 23.8 Å². The number of halogens is 1. The second-order valence-corrected chi connectivity index (χ2v) is 8.03. The van der Waals surface area contributed by atoms with Crippen LogP contribution in [-0.4, -0.2) is 57.8 Å². The lowest BCUT2D eigenvalue weighted by Gasteiger charge is -2.23. The van der Waals surface area contributed by atoms with Gasteiger partial charge in [0.1, 0.15) is 11.1 Å². The van der Waals surface area contributed by atoms with Gasteiger partial charge < -0.3 is 9.64 Å². The first-order valence-electron chi connectivity index (χ1n) is 7.80. The lowest BCUT2D eigenvalue weighted by Crippen LogP contribution is -2.41. The summed E-state index contributed by atoms with van der Waals surface area (Å²) in [5, 5.41) is 0.495. The third kappa shape index (κ3) is 4.68. The molecular formula is C16H27BrN2O4. The van der Waals surface area contributed by atoms with Crippen LogP contribution in [0.1, 0.15) is 47.5 Å². The van der Waals surface area contributed by atoms with Crippen LogP contribution >= 0.6 is 15.9 Å². The molecule has 0 bridgehead atoms. The SMILES string of the molecule is CN1C(=O)N(CCCC(CBr)C(=O)OC(C)(C)C)C(=O)C1(C)C. The Morgan fingerprint density at radius 3 is 2.26 bits per heavy atom. The number of imide groups is 1. The zero-order valence-electron chi connectivity index (χ0n) is 14.8. The molecule has 0 spiro atoms. The van der Waals surface area contributed by atoms with E-state index in [4.69, 9.17) is 4.74 Å². The normalized spacial score (nSPS) is 19.3. The van der Waals surface area contributed by atoms with Gasteiger partial charge in [-0.15, -0.1) is 0 Å². The average molecular weight is 391 g/mol. The van der Waals surface area contributed by atoms with Crippen LogP contribution in [0.4, 0.5) is 4.79 Å². The minimum absolute atomic E-state index is 0.197. The van der Waals surface area contributed by atoms with E-state index in [2.05, 4.69) is 15.9 Å². The molecule has 23 heavy (non-hydrogen) atoms. The lowest BCUT2D eigenvalue weighted by molar-refractivity contribution is -0.159. The molecule has 1 atom stereocenters. The average Bonchev–Trinajstić information content (AvgIpc) is 2.55. The monoisotopic (exact) mass is 390 g/mol. The fourth-order valence-electron chi connectivity index (χ4n) is 2.32. The van der Waals surface area contributed by atoms with Gasteiger partial charge in [-0.05, 0) is 47.5 Å². The van der Waals surface area contributed by atoms with E-state index in [1.54, 1.807) is 20.9 Å². The number of esters is 1. The number of hydrogen-bond donors (Lipinski definition) is 0. The Bertz CT molecular complexity index is 485. The summed E-state index contributed by atoms with van der Waals surface area (Å²) in [7, 11) is 1.63. The summed E-state index contributed by atoms with van der Waals surface area (Å²) in [5.74, 6) is -0.740. The van der Waals surface area contributed by atoms with Gasteiger partial charge in [-0.2, -0.15) is 0 Å². The van der Waals surface area contributed by atoms with Gasteiger partial charge in [-0.3, -0.25) is 14.5 Å². The first kappa shape index (κ1) is 19.9. The van der Waals surface area contributed by atoms with Gasteiger partial charge in [-0.1, -0.05) is 15.9 Å². The van der Waals surface area contributed by atoms with Crippen molar-refractivity contribution in [3.8, 4) is 0 Å². The third-order valence-corrected chi connectivity index (χ3v) is 4.77. The van der Waals surface area contributed by atoms with E-state index in [0.717, 1.165) is 0 Å². The topological polar surface area (TPSA) is 66.9 Å². The molecule has 3 amide bonds. The molecule has 1 fully saturated rings. The van der Waals surface area contributed by atoms with E-state index in [9.17, 15) is 14.4 Å². The van der Waals surface area contributed by atoms with E-state index in [0.29, 0.717) is 24.7 Å². The number of ether oxygens (including phenoxy) is 1. The Labute approximate surface area is 146 Å². The fourth-order valence-corrected chi connectivity index (χ4v) is 2.90. The van der Waals surface area contributed by atoms with Crippen molar-refractivity contribution in [1.82, 2.24) is 9.80 Å². The molecule has 0 aromatic rings. The number of hydrogen-bond acceptors (Lipinski definition) is 4. The van der Waals surface area contributed by atoms with Crippen LogP contribution in [0.15, 0.2) is 0 Å². The smallest absolute Gasteiger partial charge is 0.327 e. The molecule has 1 heterocycles. The standard InChI is InChI=1S/C16H27BrN2O4/c1-15(2,3)23-12(20)11(10-17)8-7-9-19-13(21)16(4,5)18(6)14(19)22/h11H,7-10H2,1-6H3. The third-order valence-electron chi connectivity index (χ3n) is 3.99. The molecule has 0 saturated carbocycles. The molecule has 1 rings (SSSR count). The molecule has 1 unspecified atom stereocenters. The van der Waals surface area contributed by atoms with Crippen molar-refractivity contribution in [2.45, 2.75) is 58.6 Å². The molecule has 1 aliphatic rings. The second-order valence-electron chi connectivity index (χ2n) is 7.38. The number of alkyl halides is 1. The van der Waals surface area contributed by atoms with Crippen LogP contribution < -0.4 is 0 Å². The molecule has 0 aromatic carbocycles. The van der Waals surface area contributed by atoms with Crippen molar-refractivity contribution in [3.63, 3.8) is 0 Å². The Balaban J connectivity index is 2.57. The van der Waals surface area contributed by atoms with Crippen LogP contribution in [0, 0.1) is 5.92 Å². The summed E-state index contributed by atoms with van der Waals surface area (Å²) in [6.07, 6.45) is 1.12. The fraction of sp³-hybridized carbons (Fsp3) is 0.812. The number of urea groups is 1. The number of nitrogens with zero attached hydrogens (tertiary/aromatic N) is 2. The highest BCUT2D eigenvalue weighted by atomic mass is 79.9. The zero-order valence-corrected chi connectivity index (χ0v) is 16.4. The quantitative estimate of drug-likeness (QED) is 0.397. The maximum Gasteiger partial charge on any atom is 0.327 e. The van der Waals surface area contributed by atoms with E-state index in [1.807, 2.05) is 20.8 Å². The molecular weight excluding hydrogens is 364 g/mol. The molecule has 0 aliphatic carbocycles. The Morgan fingerprint density at radius 2 is 1.87 bits per heavy atom. The molecule has 0 aromatic heterocycles. The highest BCUT2D eigenvalue weighted by Gasteiger charge is 2.48. The summed E-state index contributed by atoms with van der Waals surface area (Å²) < 4.78 is 5.38. The molecule has 1 aliphatic heterocycles. The maximum atomic E-state index is 12.3. The highest BCUT2D eigenvalue weighted by Crippen LogP contribution is 2.26. The summed E-state index contributed by atoms with van der Waals surface area (Å²) in [6, 6.07) is -0.285. The van der Waals surface area contributed by atoms with Crippen LogP contribution in [0.25, 0.3) is 0 Å². The predicted molar refractivity (Wildman–Crippen MR) is 91.3 cm³/mol. The molecule has 132 valence electrons. The lowest BCUT2D eigenvalue weighted by atomic mass is 10.0. The molecule has 1 saturated heterocycles. The molecule has 0 radical (unpaired) electrons. The van der Waals surface area contributed by atoms with Gasteiger partial charge in [0.05, 0.1) is 5.92 Å². The number of carbonyl (C=O) groups is 3. The first-order valence-corrected chi connectivity index (χ1v) is 8.92. The van der Waals surface area contributed by atoms with Crippen molar-refractivity contribution in [3.05, 3.63) is 0 Å². The largest absolute Gasteiger partial charge is 0.460 e. The van der Waals surface area contributed by atoms with Crippen LogP contribution in [0.2, 0.25) is 0 Å². The van der Waals surface area contributed by atoms with E-state index in [1.165, 1.54) is 9.80 Å². The molecule has 7 heteroatoms. The van der Waals surface area contributed by atoms with Gasteiger partial charge in [-0.25, -0.2) is 4.79 Å². The number of rotatable bonds is 6. The number of amides is 3. The van der Waals surface area contributed by atoms with Crippen molar-refractivity contribution in [2.75, 3.05) is 18.9 Å². The zero-order chi connectivity index (χ0) is 18.0. The van der Waals surface area contributed by atoms with Crippen LogP contribution in [0.5, 0.6) is 0 Å². The van der Waals surface area contributed by atoms with Crippen molar-refractivity contribution in [1.29, 1.82) is 0 Å². The minimum Gasteiger partial charge on any atom is -0.460 e. The number of likely N-dealkylation sites (N-methyl/N-ethyl adjacent to an activating group) is 1. The predicted octanol–water partition coefficient (Wildman–Crippen LogP) is 2.79. The van der Waals surface area contributed by atoms with Gasteiger partial charge in [0.25, 0.3) is 5.91 Å². The Morgan fingerprint density at radius 1 is 1.30 bits per heavy atom. The van der Waals surface area contributed by atoms with E-state index < -0.39 is 11.1 Å². The first-order chi connectivity index (χ1) is 10.4. The van der Waals surface area contributed by atoms with Gasteiger partial charge in [0, 0.05) is 18.9 Å². The summed E-state index contributed by atoms with van der Waals surface area (Å²) >= 11 is 3.33. The van der Waals surface area contributed by atoms with Crippen molar-refractivity contribution >= 4 is 33.8 Å². The Kier molecular flexibility index (Phi) is 6.24. The van der Waals surface area contributed by atoms with Gasteiger partial charge in [0.15, 0.2) is 0 Å². The van der Waals surface area contributed by atoms with E-state index >= 15 is 0 Å². The van der Waals surface area contributed by atoms with Gasteiger partial charge in [0.2, 0.25) is 0 Å². The molecule has 6 nitrogen and oxygen atoms in total. The van der Waals surface area contributed by atoms with Crippen LogP contribution in [-0.2, 0) is 14.3 Å². The summed E-state index contributed by atoms with van der Waals surface area (Å²) in [5.41, 5.74) is -1.33. The maximum absolute atomic E-state index is 12.3. The van der Waals surface area contributed by atoms with Crippen molar-refractivity contribution < 1.29 is 19.1 Å². The van der Waals surface area contributed by atoms with Gasteiger partial charge >= 0.3 is 12.0 Å².